The van der Waals surface area contributed by atoms with Gasteiger partial charge >= 0.3 is 0 Å². The molecule has 1 aliphatic carbocycles. The Morgan fingerprint density at radius 3 is 2.50 bits per heavy atom. The Morgan fingerprint density at radius 2 is 1.79 bits per heavy atom. The Bertz CT molecular complexity index is 873. The molecule has 6 heteroatoms. The van der Waals surface area contributed by atoms with Crippen LogP contribution in [0.3, 0.4) is 0 Å². The first-order valence-electron chi connectivity index (χ1n) is 7.83. The maximum atomic E-state index is 12.9. The van der Waals surface area contributed by atoms with Crippen molar-refractivity contribution in [3.63, 3.8) is 0 Å². The van der Waals surface area contributed by atoms with Crippen LogP contribution in [0.1, 0.15) is 17.0 Å². The molecule has 0 amide bonds. The number of hydrogen-bond donors (Lipinski definition) is 1. The van der Waals surface area contributed by atoms with E-state index in [1.54, 1.807) is 30.3 Å². The van der Waals surface area contributed by atoms with Crippen LogP contribution in [-0.2, 0) is 9.84 Å². The summed E-state index contributed by atoms with van der Waals surface area (Å²) < 4.78 is 36.5. The van der Waals surface area contributed by atoms with Crippen LogP contribution in [0.5, 0.6) is 11.5 Å². The largest absolute Gasteiger partial charge is 0.454 e. The molecule has 24 heavy (non-hydrogen) atoms. The van der Waals surface area contributed by atoms with Gasteiger partial charge in [-0.1, -0.05) is 23.8 Å². The third-order valence-electron chi connectivity index (χ3n) is 4.80. The number of aryl methyl sites for hydroxylation is 1. The summed E-state index contributed by atoms with van der Waals surface area (Å²) in [5.41, 5.74) is 1.87. The lowest BCUT2D eigenvalue weighted by Gasteiger charge is -2.05. The van der Waals surface area contributed by atoms with Gasteiger partial charge in [-0.25, -0.2) is 8.42 Å². The number of ether oxygens (including phenoxy) is 2. The second kappa shape index (κ2) is 5.50. The maximum Gasteiger partial charge on any atom is 0.231 e. The highest BCUT2D eigenvalue weighted by molar-refractivity contribution is 7.92. The van der Waals surface area contributed by atoms with E-state index < -0.39 is 15.1 Å². The van der Waals surface area contributed by atoms with Crippen LogP contribution in [0.2, 0.25) is 0 Å². The molecule has 5 nitrogen and oxygen atoms in total. The number of hydrogen-bond acceptors (Lipinski definition) is 5. The molecule has 2 aliphatic rings. The zero-order valence-electron chi connectivity index (χ0n) is 13.2. The lowest BCUT2D eigenvalue weighted by atomic mass is 10.1. The van der Waals surface area contributed by atoms with Crippen molar-refractivity contribution in [3.8, 4) is 11.5 Å². The number of aliphatic hydroxyl groups excluding tert-OH is 1. The quantitative estimate of drug-likeness (QED) is 0.919. The van der Waals surface area contributed by atoms with Gasteiger partial charge in [0.15, 0.2) is 21.3 Å². The molecule has 126 valence electrons. The van der Waals surface area contributed by atoms with Crippen LogP contribution >= 0.6 is 0 Å². The number of sulfone groups is 1. The minimum Gasteiger partial charge on any atom is -0.454 e. The van der Waals surface area contributed by atoms with Gasteiger partial charge in [-0.05, 0) is 36.8 Å². The SMILES string of the molecule is Cc1ccc(S(=O)(=O)[C@@H]2[C@@H](CO)[C@H]2c2ccc3c(c2)OCO3)cc1. The molecule has 1 heterocycles. The summed E-state index contributed by atoms with van der Waals surface area (Å²) in [6, 6.07) is 12.3. The van der Waals surface area contributed by atoms with Crippen LogP contribution < -0.4 is 9.47 Å². The average Bonchev–Trinajstić information content (AvgIpc) is 3.15. The standard InChI is InChI=1S/C18H18O5S/c1-11-2-5-13(6-3-11)24(20,21)18-14(9-19)17(18)12-4-7-15-16(8-12)23-10-22-15/h2-8,14,17-19H,9-10H2,1H3/t14-,17+,18+/m0/s1. The Labute approximate surface area is 140 Å². The molecule has 0 saturated heterocycles. The summed E-state index contributed by atoms with van der Waals surface area (Å²) in [5, 5.41) is 9.03. The molecule has 0 bridgehead atoms. The molecule has 0 spiro atoms. The van der Waals surface area contributed by atoms with Crippen LogP contribution in [-0.4, -0.2) is 32.2 Å². The van der Waals surface area contributed by atoms with Gasteiger partial charge < -0.3 is 14.6 Å². The molecule has 4 rings (SSSR count). The predicted octanol–water partition coefficient (Wildman–Crippen LogP) is 2.27. The van der Waals surface area contributed by atoms with E-state index in [4.69, 9.17) is 9.47 Å². The van der Waals surface area contributed by atoms with E-state index in [9.17, 15) is 13.5 Å². The van der Waals surface area contributed by atoms with Crippen molar-refractivity contribution in [3.05, 3.63) is 53.6 Å². The van der Waals surface area contributed by atoms with Gasteiger partial charge in [-0.3, -0.25) is 0 Å². The second-order valence-corrected chi connectivity index (χ2v) is 8.41. The summed E-state index contributed by atoms with van der Waals surface area (Å²) in [6.07, 6.45) is 0. The zero-order chi connectivity index (χ0) is 16.9. The molecule has 0 aromatic heterocycles. The van der Waals surface area contributed by atoms with Crippen molar-refractivity contribution in [1.82, 2.24) is 0 Å². The normalized spacial score (nSPS) is 24.8. The Balaban J connectivity index is 1.67. The first-order chi connectivity index (χ1) is 11.5. The maximum absolute atomic E-state index is 12.9. The highest BCUT2D eigenvalue weighted by atomic mass is 32.2. The zero-order valence-corrected chi connectivity index (χ0v) is 14.0. The highest BCUT2D eigenvalue weighted by Gasteiger charge is 2.58. The van der Waals surface area contributed by atoms with Gasteiger partial charge in [0, 0.05) is 18.4 Å². The Hall–Kier alpha value is -2.05. The number of benzene rings is 2. The first-order valence-corrected chi connectivity index (χ1v) is 9.38. The first kappa shape index (κ1) is 15.5. The summed E-state index contributed by atoms with van der Waals surface area (Å²) in [6.45, 7) is 1.94. The van der Waals surface area contributed by atoms with Crippen molar-refractivity contribution < 1.29 is 23.0 Å². The summed E-state index contributed by atoms with van der Waals surface area (Å²) >= 11 is 0. The van der Waals surface area contributed by atoms with Crippen LogP contribution in [0.25, 0.3) is 0 Å². The number of aliphatic hydroxyl groups is 1. The average molecular weight is 346 g/mol. The number of rotatable bonds is 4. The molecule has 0 unspecified atom stereocenters. The predicted molar refractivity (Wildman–Crippen MR) is 88.0 cm³/mol. The van der Waals surface area contributed by atoms with E-state index in [1.165, 1.54) is 0 Å². The molecule has 1 N–H and O–H groups in total. The third-order valence-corrected chi connectivity index (χ3v) is 7.09. The van der Waals surface area contributed by atoms with Crippen LogP contribution in [0, 0.1) is 12.8 Å². The minimum atomic E-state index is -3.49. The molecule has 1 aliphatic heterocycles. The lowest BCUT2D eigenvalue weighted by Crippen LogP contribution is -2.11. The molecule has 2 aromatic carbocycles. The Kier molecular flexibility index (Phi) is 3.54. The molecule has 3 atom stereocenters. The Morgan fingerprint density at radius 1 is 1.08 bits per heavy atom. The lowest BCUT2D eigenvalue weighted by molar-refractivity contribution is 0.174. The van der Waals surface area contributed by atoms with Gasteiger partial charge in [-0.15, -0.1) is 0 Å². The van der Waals surface area contributed by atoms with Gasteiger partial charge in [0.1, 0.15) is 0 Å². The fourth-order valence-electron chi connectivity index (χ4n) is 3.43. The van der Waals surface area contributed by atoms with E-state index >= 15 is 0 Å². The molecule has 1 fully saturated rings. The third kappa shape index (κ3) is 2.37. The highest BCUT2D eigenvalue weighted by Crippen LogP contribution is 2.54. The molecule has 0 radical (unpaired) electrons. The van der Waals surface area contributed by atoms with E-state index in [0.29, 0.717) is 16.4 Å². The summed E-state index contributed by atoms with van der Waals surface area (Å²) in [4.78, 5) is 0.305. The molecule has 1 saturated carbocycles. The second-order valence-electron chi connectivity index (χ2n) is 6.31. The van der Waals surface area contributed by atoms with Crippen molar-refractivity contribution in [2.75, 3.05) is 13.4 Å². The van der Waals surface area contributed by atoms with E-state index in [1.807, 2.05) is 19.1 Å². The van der Waals surface area contributed by atoms with E-state index in [2.05, 4.69) is 0 Å². The number of fused-ring (bicyclic) bond motifs is 1. The van der Waals surface area contributed by atoms with Gasteiger partial charge in [0.25, 0.3) is 0 Å². The monoisotopic (exact) mass is 346 g/mol. The van der Waals surface area contributed by atoms with Gasteiger partial charge in [-0.2, -0.15) is 0 Å². The van der Waals surface area contributed by atoms with E-state index in [-0.39, 0.29) is 25.2 Å². The van der Waals surface area contributed by atoms with Crippen LogP contribution in [0.4, 0.5) is 0 Å². The molecule has 2 aromatic rings. The van der Waals surface area contributed by atoms with Crippen molar-refractivity contribution in [1.29, 1.82) is 0 Å². The van der Waals surface area contributed by atoms with Crippen molar-refractivity contribution >= 4 is 9.84 Å². The topological polar surface area (TPSA) is 72.8 Å². The van der Waals surface area contributed by atoms with Crippen LogP contribution in [0.15, 0.2) is 47.4 Å². The van der Waals surface area contributed by atoms with E-state index in [0.717, 1.165) is 11.1 Å². The minimum absolute atomic E-state index is 0.158. The molecular formula is C18H18O5S. The van der Waals surface area contributed by atoms with Gasteiger partial charge in [0.05, 0.1) is 10.1 Å². The summed E-state index contributed by atoms with van der Waals surface area (Å²) in [7, 11) is -3.49. The van der Waals surface area contributed by atoms with Crippen molar-refractivity contribution in [2.45, 2.75) is 23.0 Å². The fourth-order valence-corrected chi connectivity index (χ4v) is 5.62. The van der Waals surface area contributed by atoms with Gasteiger partial charge in [0.2, 0.25) is 6.79 Å². The molecular weight excluding hydrogens is 328 g/mol. The van der Waals surface area contributed by atoms with Crippen molar-refractivity contribution in [2.24, 2.45) is 5.92 Å². The summed E-state index contributed by atoms with van der Waals surface area (Å²) in [5.74, 6) is 0.771. The fraction of sp³-hybridized carbons (Fsp3) is 0.333. The smallest absolute Gasteiger partial charge is 0.231 e.